The zero-order chi connectivity index (χ0) is 15.9. The molecule has 0 aromatic heterocycles. The Morgan fingerprint density at radius 1 is 1.19 bits per heavy atom. The summed E-state index contributed by atoms with van der Waals surface area (Å²) in [6.07, 6.45) is 4.75. The lowest BCUT2D eigenvalue weighted by Gasteiger charge is -2.26. The molecule has 0 spiro atoms. The van der Waals surface area contributed by atoms with Crippen LogP contribution in [0.5, 0.6) is 0 Å². The Kier molecular flexibility index (Phi) is 6.80. The molecule has 1 saturated carbocycles. The van der Waals surface area contributed by atoms with E-state index in [0.29, 0.717) is 18.6 Å². The molecule has 0 heterocycles. The maximum atomic E-state index is 11.9. The van der Waals surface area contributed by atoms with E-state index in [0.717, 1.165) is 12.8 Å². The van der Waals surface area contributed by atoms with Gasteiger partial charge in [0.1, 0.15) is 0 Å². The van der Waals surface area contributed by atoms with Crippen LogP contribution in [0.4, 0.5) is 4.79 Å². The molecular formula is C13H22N2O5S. The monoisotopic (exact) mass is 318 g/mol. The topological polar surface area (TPSA) is 113 Å². The first-order chi connectivity index (χ1) is 9.83. The third-order valence-electron chi connectivity index (χ3n) is 3.65. The minimum absolute atomic E-state index is 0.0448. The molecule has 0 aromatic carbocycles. The Labute approximate surface area is 126 Å². The first-order valence-electron chi connectivity index (χ1n) is 6.92. The van der Waals surface area contributed by atoms with Gasteiger partial charge in [0.15, 0.2) is 0 Å². The molecule has 120 valence electrons. The molecule has 1 unspecified atom stereocenters. The first kappa shape index (κ1) is 17.6. The molecule has 7 nitrogen and oxygen atoms in total. The van der Waals surface area contributed by atoms with Crippen LogP contribution >= 0.6 is 0 Å². The molecule has 0 radical (unpaired) electrons. The summed E-state index contributed by atoms with van der Waals surface area (Å²) in [5, 5.41) is 13.6. The number of aliphatic carboxylic acids is 1. The SMILES string of the molecule is CS(=O)CCNC(=O)NC(=O)CC1(CC(=O)O)CCCC1. The summed E-state index contributed by atoms with van der Waals surface area (Å²) in [6, 6.07) is -0.631. The summed E-state index contributed by atoms with van der Waals surface area (Å²) in [6.45, 7) is 0.225. The van der Waals surface area contributed by atoms with Gasteiger partial charge in [-0.25, -0.2) is 4.79 Å². The molecule has 0 saturated heterocycles. The molecule has 0 aliphatic heterocycles. The Morgan fingerprint density at radius 3 is 2.33 bits per heavy atom. The molecule has 1 fully saturated rings. The number of imide groups is 1. The standard InChI is InChI=1S/C13H22N2O5S/c1-21(20)7-6-14-12(19)15-10(16)8-13(9-11(17)18)4-2-3-5-13/h2-9H2,1H3,(H,17,18)(H2,14,15,16,19). The van der Waals surface area contributed by atoms with Gasteiger partial charge in [0.2, 0.25) is 5.91 Å². The normalized spacial score (nSPS) is 18.0. The second-order valence-electron chi connectivity index (χ2n) is 5.54. The third-order valence-corrected chi connectivity index (χ3v) is 4.43. The van der Waals surface area contributed by atoms with E-state index in [1.165, 1.54) is 6.26 Å². The van der Waals surface area contributed by atoms with E-state index in [1.807, 2.05) is 0 Å². The van der Waals surface area contributed by atoms with E-state index in [1.54, 1.807) is 0 Å². The van der Waals surface area contributed by atoms with Crippen molar-refractivity contribution < 1.29 is 23.7 Å². The fraction of sp³-hybridized carbons (Fsp3) is 0.769. The van der Waals surface area contributed by atoms with Gasteiger partial charge in [-0.15, -0.1) is 0 Å². The number of urea groups is 1. The molecular weight excluding hydrogens is 296 g/mol. The highest BCUT2D eigenvalue weighted by Crippen LogP contribution is 2.43. The highest BCUT2D eigenvalue weighted by Gasteiger charge is 2.38. The molecule has 1 rings (SSSR count). The predicted molar refractivity (Wildman–Crippen MR) is 78.2 cm³/mol. The number of nitrogens with one attached hydrogen (secondary N) is 2. The Balaban J connectivity index is 2.42. The van der Waals surface area contributed by atoms with Crippen molar-refractivity contribution in [3.63, 3.8) is 0 Å². The quantitative estimate of drug-likeness (QED) is 0.637. The van der Waals surface area contributed by atoms with Crippen molar-refractivity contribution in [1.29, 1.82) is 0 Å². The molecule has 1 aliphatic carbocycles. The fourth-order valence-corrected chi connectivity index (χ4v) is 3.12. The van der Waals surface area contributed by atoms with Crippen LogP contribution < -0.4 is 10.6 Å². The summed E-state index contributed by atoms with van der Waals surface area (Å²) < 4.78 is 10.8. The van der Waals surface area contributed by atoms with Gasteiger partial charge >= 0.3 is 12.0 Å². The lowest BCUT2D eigenvalue weighted by Crippen LogP contribution is -2.42. The molecule has 21 heavy (non-hydrogen) atoms. The van der Waals surface area contributed by atoms with E-state index >= 15 is 0 Å². The molecule has 3 amide bonds. The second-order valence-corrected chi connectivity index (χ2v) is 7.09. The minimum Gasteiger partial charge on any atom is -0.481 e. The summed E-state index contributed by atoms with van der Waals surface area (Å²) >= 11 is 0. The van der Waals surface area contributed by atoms with Crippen LogP contribution in [0.15, 0.2) is 0 Å². The van der Waals surface area contributed by atoms with Gasteiger partial charge in [-0.05, 0) is 18.3 Å². The number of carbonyl (C=O) groups is 3. The maximum absolute atomic E-state index is 11.9. The maximum Gasteiger partial charge on any atom is 0.321 e. The Bertz CT molecular complexity index is 432. The van der Waals surface area contributed by atoms with Crippen LogP contribution in [0, 0.1) is 5.41 Å². The van der Waals surface area contributed by atoms with E-state index < -0.39 is 34.1 Å². The predicted octanol–water partition coefficient (Wildman–Crippen LogP) is 0.616. The van der Waals surface area contributed by atoms with Crippen molar-refractivity contribution in [1.82, 2.24) is 10.6 Å². The minimum atomic E-state index is -1.00. The Morgan fingerprint density at radius 2 is 1.81 bits per heavy atom. The highest BCUT2D eigenvalue weighted by atomic mass is 32.2. The largest absolute Gasteiger partial charge is 0.481 e. The van der Waals surface area contributed by atoms with Gasteiger partial charge in [-0.1, -0.05) is 12.8 Å². The number of carbonyl (C=O) groups excluding carboxylic acids is 2. The third kappa shape index (κ3) is 6.70. The zero-order valence-electron chi connectivity index (χ0n) is 12.1. The summed E-state index contributed by atoms with van der Waals surface area (Å²) in [4.78, 5) is 34.3. The van der Waals surface area contributed by atoms with Crippen molar-refractivity contribution in [3.8, 4) is 0 Å². The van der Waals surface area contributed by atoms with Crippen molar-refractivity contribution in [2.45, 2.75) is 38.5 Å². The van der Waals surface area contributed by atoms with Crippen molar-refractivity contribution in [2.24, 2.45) is 5.41 Å². The Hall–Kier alpha value is -1.44. The summed E-state index contributed by atoms with van der Waals surface area (Å²) in [7, 11) is -1.00. The van der Waals surface area contributed by atoms with Gasteiger partial charge in [-0.2, -0.15) is 0 Å². The highest BCUT2D eigenvalue weighted by molar-refractivity contribution is 7.84. The van der Waals surface area contributed by atoms with Crippen LogP contribution in [0.25, 0.3) is 0 Å². The number of carboxylic acid groups (broad SMARTS) is 1. The summed E-state index contributed by atoms with van der Waals surface area (Å²) in [5.74, 6) is -1.06. The van der Waals surface area contributed by atoms with Crippen LogP contribution in [0.1, 0.15) is 38.5 Å². The average Bonchev–Trinajstić information content (AvgIpc) is 2.75. The zero-order valence-corrected chi connectivity index (χ0v) is 13.0. The van der Waals surface area contributed by atoms with Crippen molar-refractivity contribution in [3.05, 3.63) is 0 Å². The van der Waals surface area contributed by atoms with E-state index in [4.69, 9.17) is 5.11 Å². The van der Waals surface area contributed by atoms with Crippen LogP contribution in [0.3, 0.4) is 0 Å². The van der Waals surface area contributed by atoms with Gasteiger partial charge in [0.25, 0.3) is 0 Å². The van der Waals surface area contributed by atoms with Crippen LogP contribution in [-0.4, -0.2) is 45.8 Å². The van der Waals surface area contributed by atoms with E-state index in [9.17, 15) is 18.6 Å². The first-order valence-corrected chi connectivity index (χ1v) is 8.65. The van der Waals surface area contributed by atoms with Gasteiger partial charge in [-0.3, -0.25) is 19.1 Å². The number of hydrogen-bond donors (Lipinski definition) is 3. The molecule has 1 atom stereocenters. The van der Waals surface area contributed by atoms with Crippen LogP contribution in [0.2, 0.25) is 0 Å². The van der Waals surface area contributed by atoms with Gasteiger partial charge in [0, 0.05) is 35.8 Å². The smallest absolute Gasteiger partial charge is 0.321 e. The van der Waals surface area contributed by atoms with E-state index in [2.05, 4.69) is 10.6 Å². The number of amides is 3. The van der Waals surface area contributed by atoms with Crippen molar-refractivity contribution >= 4 is 28.7 Å². The molecule has 0 aromatic rings. The number of rotatable bonds is 7. The lowest BCUT2D eigenvalue weighted by molar-refractivity contribution is -0.140. The molecule has 0 bridgehead atoms. The summed E-state index contributed by atoms with van der Waals surface area (Å²) in [5.41, 5.74) is -0.527. The van der Waals surface area contributed by atoms with Gasteiger partial charge < -0.3 is 10.4 Å². The van der Waals surface area contributed by atoms with E-state index in [-0.39, 0.29) is 19.4 Å². The average molecular weight is 318 g/mol. The van der Waals surface area contributed by atoms with Crippen molar-refractivity contribution in [2.75, 3.05) is 18.6 Å². The van der Waals surface area contributed by atoms with Crippen LogP contribution in [-0.2, 0) is 20.4 Å². The number of hydrogen-bond acceptors (Lipinski definition) is 4. The number of carboxylic acids is 1. The fourth-order valence-electron chi connectivity index (χ4n) is 2.73. The second kappa shape index (κ2) is 8.11. The molecule has 8 heteroatoms. The molecule has 1 aliphatic rings. The van der Waals surface area contributed by atoms with Gasteiger partial charge in [0.05, 0.1) is 6.42 Å². The lowest BCUT2D eigenvalue weighted by atomic mass is 9.79. The molecule has 3 N–H and O–H groups in total.